The van der Waals surface area contributed by atoms with E-state index >= 15 is 0 Å². The number of likely N-dealkylation sites (tertiary alicyclic amines) is 1. The lowest BCUT2D eigenvalue weighted by molar-refractivity contribution is -0.145. The highest BCUT2D eigenvalue weighted by Gasteiger charge is 2.31. The third-order valence-electron chi connectivity index (χ3n) is 2.76. The van der Waals surface area contributed by atoms with Crippen LogP contribution in [0.1, 0.15) is 33.1 Å². The number of halogens is 1. The molecule has 0 saturated carbocycles. The van der Waals surface area contributed by atoms with Crippen LogP contribution >= 0.6 is 12.4 Å². The molecule has 1 fully saturated rings. The minimum absolute atomic E-state index is 0. The van der Waals surface area contributed by atoms with Crippen molar-refractivity contribution in [3.8, 4) is 0 Å². The van der Waals surface area contributed by atoms with Crippen molar-refractivity contribution in [2.75, 3.05) is 13.2 Å². The van der Waals surface area contributed by atoms with E-state index in [0.29, 0.717) is 13.2 Å². The molecule has 5 nitrogen and oxygen atoms in total. The molecule has 0 aromatic rings. The van der Waals surface area contributed by atoms with Gasteiger partial charge in [-0.2, -0.15) is 0 Å². The molecule has 0 aromatic heterocycles. The molecular formula is C11H21ClN2O3. The van der Waals surface area contributed by atoms with Gasteiger partial charge in [-0.05, 0) is 26.7 Å². The number of carbonyl (C=O) groups excluding carboxylic acids is 2. The molecule has 1 aliphatic rings. The first-order chi connectivity index (χ1) is 7.56. The molecule has 1 heterocycles. The maximum Gasteiger partial charge on any atom is 0.307 e. The number of rotatable bonds is 4. The molecule has 0 aliphatic carbocycles. The summed E-state index contributed by atoms with van der Waals surface area (Å²) in [6.07, 6.45) is 2.08. The first-order valence-corrected chi connectivity index (χ1v) is 5.78. The first kappa shape index (κ1) is 16.2. The standard InChI is InChI=1S/C11H20N2O3.ClH/c1-3-16-10(14)7-9-5-4-6-13(9)11(15)8(2)12;/h8-9H,3-7,12H2,1-2H3;1H/t8-,9-;/m0./s1. The average molecular weight is 265 g/mol. The number of hydrogen-bond acceptors (Lipinski definition) is 4. The van der Waals surface area contributed by atoms with Gasteiger partial charge < -0.3 is 15.4 Å². The molecular weight excluding hydrogens is 244 g/mol. The summed E-state index contributed by atoms with van der Waals surface area (Å²) in [7, 11) is 0. The second-order valence-electron chi connectivity index (χ2n) is 4.13. The predicted molar refractivity (Wildman–Crippen MR) is 66.9 cm³/mol. The largest absolute Gasteiger partial charge is 0.466 e. The lowest BCUT2D eigenvalue weighted by Crippen LogP contribution is -2.45. The van der Waals surface area contributed by atoms with Crippen molar-refractivity contribution in [3.05, 3.63) is 0 Å². The summed E-state index contributed by atoms with van der Waals surface area (Å²) < 4.78 is 4.88. The van der Waals surface area contributed by atoms with E-state index < -0.39 is 6.04 Å². The molecule has 1 rings (SSSR count). The van der Waals surface area contributed by atoms with Gasteiger partial charge in [0, 0.05) is 12.6 Å². The van der Waals surface area contributed by atoms with Gasteiger partial charge in [0.25, 0.3) is 0 Å². The van der Waals surface area contributed by atoms with Crippen LogP contribution in [0.15, 0.2) is 0 Å². The van der Waals surface area contributed by atoms with Gasteiger partial charge in [0.2, 0.25) is 5.91 Å². The molecule has 0 radical (unpaired) electrons. The number of amides is 1. The smallest absolute Gasteiger partial charge is 0.307 e. The van der Waals surface area contributed by atoms with Crippen LogP contribution in [0.3, 0.4) is 0 Å². The van der Waals surface area contributed by atoms with E-state index in [0.717, 1.165) is 12.8 Å². The Morgan fingerprint density at radius 2 is 2.18 bits per heavy atom. The molecule has 0 spiro atoms. The van der Waals surface area contributed by atoms with Gasteiger partial charge in [-0.15, -0.1) is 12.4 Å². The highest BCUT2D eigenvalue weighted by Crippen LogP contribution is 2.21. The summed E-state index contributed by atoms with van der Waals surface area (Å²) in [6, 6.07) is -0.527. The van der Waals surface area contributed by atoms with Crippen molar-refractivity contribution < 1.29 is 14.3 Å². The highest BCUT2D eigenvalue weighted by atomic mass is 35.5. The van der Waals surface area contributed by atoms with E-state index in [1.165, 1.54) is 0 Å². The molecule has 17 heavy (non-hydrogen) atoms. The number of nitrogens with two attached hydrogens (primary N) is 1. The fraction of sp³-hybridized carbons (Fsp3) is 0.818. The minimum atomic E-state index is -0.497. The van der Waals surface area contributed by atoms with Crippen molar-refractivity contribution in [2.45, 2.75) is 45.2 Å². The van der Waals surface area contributed by atoms with E-state index in [2.05, 4.69) is 0 Å². The van der Waals surface area contributed by atoms with Gasteiger partial charge in [0.05, 0.1) is 19.1 Å². The van der Waals surface area contributed by atoms with E-state index in [4.69, 9.17) is 10.5 Å². The lowest BCUT2D eigenvalue weighted by atomic mass is 10.1. The third-order valence-corrected chi connectivity index (χ3v) is 2.76. The summed E-state index contributed by atoms with van der Waals surface area (Å²) in [5.74, 6) is -0.316. The Morgan fingerprint density at radius 3 is 2.71 bits per heavy atom. The molecule has 1 aliphatic heterocycles. The average Bonchev–Trinajstić information content (AvgIpc) is 2.64. The summed E-state index contributed by atoms with van der Waals surface area (Å²) in [5.41, 5.74) is 5.56. The van der Waals surface area contributed by atoms with E-state index in [-0.39, 0.29) is 36.7 Å². The Kier molecular flexibility index (Phi) is 7.15. The van der Waals surface area contributed by atoms with Crippen LogP contribution in [0.2, 0.25) is 0 Å². The van der Waals surface area contributed by atoms with Crippen LogP contribution in [-0.2, 0) is 14.3 Å². The number of esters is 1. The Labute approximate surface area is 108 Å². The maximum absolute atomic E-state index is 11.7. The molecule has 100 valence electrons. The number of nitrogens with zero attached hydrogens (tertiary/aromatic N) is 1. The zero-order chi connectivity index (χ0) is 12.1. The van der Waals surface area contributed by atoms with Gasteiger partial charge >= 0.3 is 5.97 Å². The molecule has 1 amide bonds. The van der Waals surface area contributed by atoms with Crippen molar-refractivity contribution in [1.82, 2.24) is 4.90 Å². The van der Waals surface area contributed by atoms with E-state index in [9.17, 15) is 9.59 Å². The molecule has 6 heteroatoms. The predicted octanol–water partition coefficient (Wildman–Crippen LogP) is 0.700. The van der Waals surface area contributed by atoms with Crippen LogP contribution in [0, 0.1) is 0 Å². The molecule has 2 atom stereocenters. The third kappa shape index (κ3) is 4.52. The SMILES string of the molecule is CCOC(=O)C[C@@H]1CCCN1C(=O)[C@H](C)N.Cl. The molecule has 0 bridgehead atoms. The van der Waals surface area contributed by atoms with Gasteiger partial charge in [-0.1, -0.05) is 0 Å². The van der Waals surface area contributed by atoms with Crippen LogP contribution in [-0.4, -0.2) is 42.0 Å². The molecule has 1 saturated heterocycles. The van der Waals surface area contributed by atoms with Gasteiger partial charge in [0.1, 0.15) is 0 Å². The summed E-state index contributed by atoms with van der Waals surface area (Å²) in [4.78, 5) is 24.8. The Balaban J connectivity index is 0.00000256. The number of carbonyl (C=O) groups is 2. The molecule has 2 N–H and O–H groups in total. The second kappa shape index (κ2) is 7.50. The number of hydrogen-bond donors (Lipinski definition) is 1. The zero-order valence-electron chi connectivity index (χ0n) is 10.3. The highest BCUT2D eigenvalue weighted by molar-refractivity contribution is 5.85. The zero-order valence-corrected chi connectivity index (χ0v) is 11.2. The van der Waals surface area contributed by atoms with Gasteiger partial charge in [-0.25, -0.2) is 0 Å². The first-order valence-electron chi connectivity index (χ1n) is 5.78. The van der Waals surface area contributed by atoms with E-state index in [1.807, 2.05) is 0 Å². The minimum Gasteiger partial charge on any atom is -0.466 e. The Bertz CT molecular complexity index is 271. The van der Waals surface area contributed by atoms with Crippen LogP contribution in [0.25, 0.3) is 0 Å². The topological polar surface area (TPSA) is 72.6 Å². The lowest BCUT2D eigenvalue weighted by Gasteiger charge is -2.25. The van der Waals surface area contributed by atoms with Crippen molar-refractivity contribution in [2.24, 2.45) is 5.73 Å². The Hall–Kier alpha value is -0.810. The summed E-state index contributed by atoms with van der Waals surface area (Å²) in [6.45, 7) is 4.52. The fourth-order valence-electron chi connectivity index (χ4n) is 2.01. The maximum atomic E-state index is 11.7. The summed E-state index contributed by atoms with van der Waals surface area (Å²) >= 11 is 0. The van der Waals surface area contributed by atoms with Gasteiger partial charge in [0.15, 0.2) is 0 Å². The van der Waals surface area contributed by atoms with Crippen molar-refractivity contribution in [3.63, 3.8) is 0 Å². The van der Waals surface area contributed by atoms with Crippen LogP contribution in [0.4, 0.5) is 0 Å². The van der Waals surface area contributed by atoms with E-state index in [1.54, 1.807) is 18.7 Å². The Morgan fingerprint density at radius 1 is 1.53 bits per heavy atom. The number of ether oxygens (including phenoxy) is 1. The van der Waals surface area contributed by atoms with Crippen LogP contribution in [0.5, 0.6) is 0 Å². The molecule has 0 aromatic carbocycles. The molecule has 0 unspecified atom stereocenters. The fourth-order valence-corrected chi connectivity index (χ4v) is 2.01. The second-order valence-corrected chi connectivity index (χ2v) is 4.13. The normalized spacial score (nSPS) is 20.6. The van der Waals surface area contributed by atoms with Crippen molar-refractivity contribution in [1.29, 1.82) is 0 Å². The monoisotopic (exact) mass is 264 g/mol. The quantitative estimate of drug-likeness (QED) is 0.759. The van der Waals surface area contributed by atoms with Crippen LogP contribution < -0.4 is 5.73 Å². The van der Waals surface area contributed by atoms with Crippen molar-refractivity contribution >= 4 is 24.3 Å². The summed E-state index contributed by atoms with van der Waals surface area (Å²) in [5, 5.41) is 0. The van der Waals surface area contributed by atoms with Gasteiger partial charge in [-0.3, -0.25) is 9.59 Å².